The number of H-pyrrole nitrogens is 1. The molecule has 0 radical (unpaired) electrons. The number of nitrogens with one attached hydrogen (secondary N) is 5. The minimum atomic E-state index is -4.67. The Morgan fingerprint density at radius 1 is 0.701 bits per heavy atom. The molecule has 0 saturated carbocycles. The van der Waals surface area contributed by atoms with Crippen LogP contribution in [0, 0.1) is 10.8 Å². The van der Waals surface area contributed by atoms with Crippen LogP contribution in [0.1, 0.15) is 164 Å². The molecule has 0 aromatic carbocycles. The van der Waals surface area contributed by atoms with Crippen molar-refractivity contribution in [3.05, 3.63) is 16.4 Å². The molecule has 0 spiro atoms. The molecule has 400 valence electrons. The number of amides is 2. The number of aromatic nitrogens is 2. The molecule has 1 aromatic heterocycles. The van der Waals surface area contributed by atoms with Gasteiger partial charge in [0, 0.05) is 19.7 Å². The number of anilines is 1. The number of nitrogens with zero attached hydrogens (tertiary/aromatic N) is 1. The molecule has 67 heavy (non-hydrogen) atoms. The summed E-state index contributed by atoms with van der Waals surface area (Å²) in [6.45, 7) is 14.9. The molecule has 0 aliphatic rings. The number of nitrogens with two attached hydrogens (primary N) is 4. The fourth-order valence-corrected chi connectivity index (χ4v) is 4.22. The highest BCUT2D eigenvalue weighted by Gasteiger charge is 2.09. The number of aromatic hydroxyl groups is 1. The standard InChI is InChI=1S/C12H21N3O2.C9H20N2O.C8H19N.C7H12O4.2C2H6N2S.C2H6O.H2O4S/c1-2-3-4-5-6-7-8-13-12-14-10(16)9-11(17)15-12;1-2-3-4-5-6-7-8-11-9(10)12;1-2-3-4-5-6-7-8-9;1-3-10-6(8)5-7(9)11-4-2;2*1-5-2(3)4;1-2-3;1-5(2,3)4/h9H,2-8H2,1H3,(H3,13,14,15,16,17);2-8H2,1H3,(H3,10,11,12);2-9H2,1H3;3-5H2,1-2H3;2*1H3,(H3,3,4);3H,2H2,1H3;(H2,1,2,3,4). The number of hydrogen-bond acceptors (Lipinski definition) is 17. The van der Waals surface area contributed by atoms with Crippen molar-refractivity contribution in [2.24, 2.45) is 22.9 Å². The monoisotopic (exact) mass is 1020 g/mol. The smallest absolute Gasteiger partial charge is 0.394 e. The zero-order valence-electron chi connectivity index (χ0n) is 41.8. The predicted octanol–water partition coefficient (Wildman–Crippen LogP) is 6.90. The number of aliphatic hydroxyl groups excluding tert-OH is 1. The number of carbonyl (C=O) groups is 3. The Balaban J connectivity index is -0.000000130. The molecule has 0 bridgehead atoms. The predicted molar refractivity (Wildman–Crippen MR) is 277 cm³/mol. The molecule has 0 fully saturated rings. The molecule has 0 aliphatic heterocycles. The molecule has 1 rings (SSSR count). The molecule has 0 atom stereocenters. The molecule has 1 aromatic rings. The van der Waals surface area contributed by atoms with Gasteiger partial charge in [0.05, 0.1) is 19.3 Å². The summed E-state index contributed by atoms with van der Waals surface area (Å²) in [5.41, 5.74) is 19.6. The third-order valence-electron chi connectivity index (χ3n) is 7.28. The van der Waals surface area contributed by atoms with E-state index in [0.29, 0.717) is 5.95 Å². The van der Waals surface area contributed by atoms with Crippen LogP contribution in [0.25, 0.3) is 0 Å². The van der Waals surface area contributed by atoms with Gasteiger partial charge in [-0.3, -0.25) is 39.3 Å². The molecule has 25 heteroatoms. The van der Waals surface area contributed by atoms with Gasteiger partial charge in [0.25, 0.3) is 5.56 Å². The van der Waals surface area contributed by atoms with Crippen molar-refractivity contribution in [2.75, 3.05) is 57.3 Å². The lowest BCUT2D eigenvalue weighted by molar-refractivity contribution is -0.153. The van der Waals surface area contributed by atoms with E-state index in [2.05, 4.69) is 50.8 Å². The van der Waals surface area contributed by atoms with E-state index in [9.17, 15) is 19.2 Å². The van der Waals surface area contributed by atoms with Gasteiger partial charge >= 0.3 is 28.4 Å². The number of thioether (sulfide) groups is 2. The number of aliphatic hydroxyl groups is 1. The van der Waals surface area contributed by atoms with E-state index in [1.54, 1.807) is 33.3 Å². The average Bonchev–Trinajstić information content (AvgIpc) is 3.23. The number of unbranched alkanes of at least 4 members (excludes halogenated alkanes) is 15. The third-order valence-corrected chi connectivity index (χ3v) is 8.16. The number of carbonyl (C=O) groups excluding carboxylic acids is 3. The number of esters is 2. The zero-order chi connectivity index (χ0) is 53.2. The van der Waals surface area contributed by atoms with Gasteiger partial charge < -0.3 is 53.3 Å². The second-order valence-corrected chi connectivity index (χ2v) is 16.0. The number of aromatic amines is 1. The maximum atomic E-state index is 11.0. The number of amidine groups is 2. The first-order valence-corrected chi connectivity index (χ1v) is 26.6. The fourth-order valence-electron chi connectivity index (χ4n) is 4.22. The van der Waals surface area contributed by atoms with Crippen molar-refractivity contribution in [1.29, 1.82) is 10.8 Å². The molecule has 0 aliphatic carbocycles. The van der Waals surface area contributed by atoms with Gasteiger partial charge in [-0.2, -0.15) is 13.4 Å². The van der Waals surface area contributed by atoms with Gasteiger partial charge in [-0.05, 0) is 59.1 Å². The summed E-state index contributed by atoms with van der Waals surface area (Å²) in [6, 6.07) is 0.638. The first-order chi connectivity index (χ1) is 31.6. The number of urea groups is 1. The van der Waals surface area contributed by atoms with Gasteiger partial charge in [-0.25, -0.2) is 4.79 Å². The van der Waals surface area contributed by atoms with Gasteiger partial charge in [0.15, 0.2) is 10.3 Å². The van der Waals surface area contributed by atoms with Crippen LogP contribution in [-0.4, -0.2) is 118 Å². The number of rotatable bonds is 25. The summed E-state index contributed by atoms with van der Waals surface area (Å²) in [5.74, 6) is -0.986. The molecule has 2 amide bonds. The zero-order valence-corrected chi connectivity index (χ0v) is 44.2. The maximum absolute atomic E-state index is 11.0. The Bertz CT molecular complexity index is 1390. The van der Waals surface area contributed by atoms with E-state index in [0.717, 1.165) is 38.5 Å². The largest absolute Gasteiger partial charge is 0.493 e. The van der Waals surface area contributed by atoms with Gasteiger partial charge in [-0.1, -0.05) is 141 Å². The highest BCUT2D eigenvalue weighted by atomic mass is 32.3. The topological polar surface area (TPSA) is 406 Å². The van der Waals surface area contributed by atoms with E-state index >= 15 is 0 Å². The van der Waals surface area contributed by atoms with E-state index < -0.39 is 28.4 Å². The number of ether oxygens (including phenoxy) is 2. The van der Waals surface area contributed by atoms with Crippen molar-refractivity contribution in [1.82, 2.24) is 15.3 Å². The quantitative estimate of drug-likeness (QED) is 0.0118. The number of hydrogen-bond donors (Lipinski definition) is 13. The van der Waals surface area contributed by atoms with E-state index in [1.807, 2.05) is 0 Å². The van der Waals surface area contributed by atoms with Gasteiger partial charge in [0.2, 0.25) is 11.8 Å². The third kappa shape index (κ3) is 106. The van der Waals surface area contributed by atoms with Crippen LogP contribution >= 0.6 is 23.5 Å². The summed E-state index contributed by atoms with van der Waals surface area (Å²) >= 11 is 2.48. The van der Waals surface area contributed by atoms with Crippen LogP contribution < -0.4 is 39.1 Å². The Kier molecular flexibility index (Phi) is 74.1. The second kappa shape index (κ2) is 64.2. The van der Waals surface area contributed by atoms with Crippen LogP contribution in [0.2, 0.25) is 0 Å². The molecule has 17 N–H and O–H groups in total. The van der Waals surface area contributed by atoms with Gasteiger partial charge in [-0.15, -0.1) is 0 Å². The molecule has 0 unspecified atom stereocenters. The van der Waals surface area contributed by atoms with Crippen molar-refractivity contribution in [3.63, 3.8) is 0 Å². The average molecular weight is 1030 g/mol. The highest BCUT2D eigenvalue weighted by molar-refractivity contribution is 8.13. The maximum Gasteiger partial charge on any atom is 0.394 e. The number of primary amides is 1. The lowest BCUT2D eigenvalue weighted by atomic mass is 10.1. The lowest BCUT2D eigenvalue weighted by Gasteiger charge is -2.05. The molecule has 1 heterocycles. The van der Waals surface area contributed by atoms with Crippen LogP contribution in [0.15, 0.2) is 10.9 Å². The minimum Gasteiger partial charge on any atom is -0.493 e. The summed E-state index contributed by atoms with van der Waals surface area (Å²) in [6.07, 6.45) is 26.0. The van der Waals surface area contributed by atoms with E-state index in [-0.39, 0.29) is 48.0 Å². The summed E-state index contributed by atoms with van der Waals surface area (Å²) in [5, 5.41) is 35.6. The van der Waals surface area contributed by atoms with E-state index in [4.69, 9.17) is 61.5 Å². The van der Waals surface area contributed by atoms with Crippen LogP contribution in [0.4, 0.5) is 10.7 Å². The second-order valence-electron chi connectivity index (χ2n) is 13.4. The van der Waals surface area contributed by atoms with E-state index in [1.165, 1.54) is 126 Å². The van der Waals surface area contributed by atoms with Crippen molar-refractivity contribution >= 4 is 68.2 Å². The highest BCUT2D eigenvalue weighted by Crippen LogP contribution is 2.07. The summed E-state index contributed by atoms with van der Waals surface area (Å²) in [4.78, 5) is 48.8. The van der Waals surface area contributed by atoms with Crippen molar-refractivity contribution in [3.8, 4) is 5.88 Å². The molecule has 0 saturated heterocycles. The fraction of sp³-hybridized carbons (Fsp3) is 0.786. The Morgan fingerprint density at radius 2 is 1.03 bits per heavy atom. The van der Waals surface area contributed by atoms with Crippen LogP contribution in [0.3, 0.4) is 0 Å². The van der Waals surface area contributed by atoms with Crippen LogP contribution in [0.5, 0.6) is 5.88 Å². The molecular formula is C42H92N10O12S3. The summed E-state index contributed by atoms with van der Waals surface area (Å²) < 4.78 is 40.6. The molecular weight excluding hydrogens is 933 g/mol. The Morgan fingerprint density at radius 3 is 1.33 bits per heavy atom. The lowest BCUT2D eigenvalue weighted by Crippen LogP contribution is -2.29. The Labute approximate surface area is 410 Å². The van der Waals surface area contributed by atoms with Crippen LogP contribution in [-0.2, 0) is 29.5 Å². The van der Waals surface area contributed by atoms with Gasteiger partial charge in [0.1, 0.15) is 6.42 Å². The summed E-state index contributed by atoms with van der Waals surface area (Å²) in [7, 11) is -4.67. The Hall–Kier alpha value is -3.88. The molecule has 22 nitrogen and oxygen atoms in total. The minimum absolute atomic E-state index is 0.171. The van der Waals surface area contributed by atoms with Crippen molar-refractivity contribution in [2.45, 2.75) is 164 Å². The SMILES string of the molecule is CCCCCCCCN.CCCCCCCCNC(N)=O.CCCCCCCCNc1nc(O)cc(=O)[nH]1.CCO.CCOC(=O)CC(=O)OCC.CSC(=N)N.CSC(=N)N.O=S(=O)(O)O. The first kappa shape index (κ1) is 77.3. The normalized spacial score (nSPS) is 9.43. The first-order valence-electron chi connectivity index (χ1n) is 22.7. The van der Waals surface area contributed by atoms with Crippen molar-refractivity contribution < 1.29 is 51.6 Å².